The number of ether oxygens (including phenoxy) is 1. The number of carbonyl (C=O) groups is 1. The number of halogens is 1. The molecule has 2 rings (SSSR count). The number of rotatable bonds is 6. The molecule has 0 atom stereocenters. The average Bonchev–Trinajstić information content (AvgIpc) is 3.03. The van der Waals surface area contributed by atoms with Crippen LogP contribution in [0.5, 0.6) is 5.75 Å². The van der Waals surface area contributed by atoms with Crippen LogP contribution in [-0.2, 0) is 4.79 Å². The third kappa shape index (κ3) is 5.10. The van der Waals surface area contributed by atoms with Gasteiger partial charge in [-0.15, -0.1) is 0 Å². The Kier molecular flexibility index (Phi) is 5.80. The molecule has 5 nitrogen and oxygen atoms in total. The van der Waals surface area contributed by atoms with Crippen LogP contribution in [0.2, 0.25) is 5.02 Å². The third-order valence-corrected chi connectivity index (χ3v) is 2.90. The van der Waals surface area contributed by atoms with Crippen molar-refractivity contribution in [1.82, 2.24) is 5.43 Å². The van der Waals surface area contributed by atoms with E-state index >= 15 is 0 Å². The number of carbonyl (C=O) groups excluding carboxylic acids is 1. The zero-order chi connectivity index (χ0) is 15.8. The van der Waals surface area contributed by atoms with Gasteiger partial charge in [-0.3, -0.25) is 4.79 Å². The second-order valence-electron chi connectivity index (χ2n) is 4.36. The summed E-state index contributed by atoms with van der Waals surface area (Å²) in [6, 6.07) is 10.6. The molecule has 22 heavy (non-hydrogen) atoms. The van der Waals surface area contributed by atoms with Crippen molar-refractivity contribution in [3.8, 4) is 5.75 Å². The van der Waals surface area contributed by atoms with Gasteiger partial charge in [0.25, 0.3) is 5.91 Å². The van der Waals surface area contributed by atoms with Crippen molar-refractivity contribution in [2.24, 2.45) is 5.10 Å². The van der Waals surface area contributed by atoms with Crippen molar-refractivity contribution in [3.05, 3.63) is 59.5 Å². The smallest absolute Gasteiger partial charge is 0.277 e. The van der Waals surface area contributed by atoms with Crippen LogP contribution >= 0.6 is 11.6 Å². The molecule has 2 aromatic rings. The van der Waals surface area contributed by atoms with Gasteiger partial charge in [0, 0.05) is 0 Å². The molecule has 0 radical (unpaired) electrons. The fourth-order valence-corrected chi connectivity index (χ4v) is 1.70. The SMILES string of the molecule is CC(/C=C/c1ccco1)=N\NC(=O)COc1ccccc1Cl. The molecule has 6 heteroatoms. The zero-order valence-corrected chi connectivity index (χ0v) is 12.7. The van der Waals surface area contributed by atoms with Gasteiger partial charge in [-0.05, 0) is 43.3 Å². The van der Waals surface area contributed by atoms with E-state index in [9.17, 15) is 4.79 Å². The molecule has 0 saturated heterocycles. The van der Waals surface area contributed by atoms with E-state index in [0.717, 1.165) is 0 Å². The molecule has 1 heterocycles. The lowest BCUT2D eigenvalue weighted by molar-refractivity contribution is -0.123. The maximum absolute atomic E-state index is 11.6. The molecule has 1 amide bonds. The first kappa shape index (κ1) is 15.9. The number of nitrogens with zero attached hydrogens (tertiary/aromatic N) is 1. The summed E-state index contributed by atoms with van der Waals surface area (Å²) in [5.41, 5.74) is 3.03. The lowest BCUT2D eigenvalue weighted by atomic mass is 10.3. The Balaban J connectivity index is 1.79. The molecule has 1 aromatic carbocycles. The van der Waals surface area contributed by atoms with Crippen molar-refractivity contribution in [1.29, 1.82) is 0 Å². The van der Waals surface area contributed by atoms with Gasteiger partial charge in [-0.1, -0.05) is 23.7 Å². The van der Waals surface area contributed by atoms with Crippen molar-refractivity contribution in [2.45, 2.75) is 6.92 Å². The van der Waals surface area contributed by atoms with Crippen LogP contribution in [0.15, 0.2) is 58.3 Å². The minimum atomic E-state index is -0.370. The van der Waals surface area contributed by atoms with Gasteiger partial charge in [-0.25, -0.2) is 5.43 Å². The molecule has 0 aliphatic carbocycles. The lowest BCUT2D eigenvalue weighted by Crippen LogP contribution is -2.25. The van der Waals surface area contributed by atoms with Crippen LogP contribution in [-0.4, -0.2) is 18.2 Å². The maximum Gasteiger partial charge on any atom is 0.277 e. The number of allylic oxidation sites excluding steroid dienone is 1. The molecule has 0 fully saturated rings. The van der Waals surface area contributed by atoms with Gasteiger partial charge < -0.3 is 9.15 Å². The van der Waals surface area contributed by atoms with E-state index in [1.807, 2.05) is 6.07 Å². The minimum absolute atomic E-state index is 0.164. The number of para-hydroxylation sites is 1. The standard InChI is InChI=1S/C16H15ClN2O3/c1-12(8-9-13-5-4-10-21-13)18-19-16(20)11-22-15-7-3-2-6-14(15)17/h2-10H,11H2,1H3,(H,19,20)/b9-8+,18-12+. The molecule has 114 valence electrons. The van der Waals surface area contributed by atoms with E-state index in [0.29, 0.717) is 22.2 Å². The Morgan fingerprint density at radius 3 is 2.91 bits per heavy atom. The van der Waals surface area contributed by atoms with Gasteiger partial charge in [0.1, 0.15) is 11.5 Å². The number of furan rings is 1. The molecule has 1 N–H and O–H groups in total. The highest BCUT2D eigenvalue weighted by Crippen LogP contribution is 2.22. The molecule has 0 spiro atoms. The largest absolute Gasteiger partial charge is 0.482 e. The van der Waals surface area contributed by atoms with Crippen molar-refractivity contribution in [2.75, 3.05) is 6.61 Å². The molecule has 0 aliphatic heterocycles. The highest BCUT2D eigenvalue weighted by molar-refractivity contribution is 6.32. The van der Waals surface area contributed by atoms with Crippen molar-refractivity contribution < 1.29 is 13.9 Å². The second-order valence-corrected chi connectivity index (χ2v) is 4.76. The van der Waals surface area contributed by atoms with Gasteiger partial charge in [0.05, 0.1) is 17.0 Å². The lowest BCUT2D eigenvalue weighted by Gasteiger charge is -2.06. The Morgan fingerprint density at radius 1 is 1.36 bits per heavy atom. The minimum Gasteiger partial charge on any atom is -0.482 e. The molecule has 0 saturated carbocycles. The highest BCUT2D eigenvalue weighted by atomic mass is 35.5. The Labute approximate surface area is 133 Å². The third-order valence-electron chi connectivity index (χ3n) is 2.58. The fraction of sp³-hybridized carbons (Fsp3) is 0.125. The Morgan fingerprint density at radius 2 is 2.18 bits per heavy atom. The molecular weight excluding hydrogens is 304 g/mol. The number of hydrogen-bond donors (Lipinski definition) is 1. The second kappa shape index (κ2) is 8.05. The van der Waals surface area contributed by atoms with Crippen LogP contribution < -0.4 is 10.2 Å². The van der Waals surface area contributed by atoms with E-state index < -0.39 is 0 Å². The zero-order valence-electron chi connectivity index (χ0n) is 12.0. The summed E-state index contributed by atoms with van der Waals surface area (Å²) < 4.78 is 10.5. The summed E-state index contributed by atoms with van der Waals surface area (Å²) in [6.45, 7) is 1.59. The number of hydrogen-bond acceptors (Lipinski definition) is 4. The molecule has 1 aromatic heterocycles. The topological polar surface area (TPSA) is 63.8 Å². The van der Waals surface area contributed by atoms with Crippen LogP contribution in [0.4, 0.5) is 0 Å². The van der Waals surface area contributed by atoms with E-state index in [-0.39, 0.29) is 12.5 Å². The first-order chi connectivity index (χ1) is 10.6. The number of hydrazone groups is 1. The van der Waals surface area contributed by atoms with Crippen LogP contribution in [0.3, 0.4) is 0 Å². The predicted octanol–water partition coefficient (Wildman–Crippen LogP) is 3.52. The van der Waals surface area contributed by atoms with Crippen LogP contribution in [0.1, 0.15) is 12.7 Å². The average molecular weight is 319 g/mol. The van der Waals surface area contributed by atoms with Gasteiger partial charge in [-0.2, -0.15) is 5.10 Å². The summed E-state index contributed by atoms with van der Waals surface area (Å²) in [6.07, 6.45) is 5.07. The van der Waals surface area contributed by atoms with E-state index in [4.69, 9.17) is 20.8 Å². The number of nitrogens with one attached hydrogen (secondary N) is 1. The molecule has 0 aliphatic rings. The van der Waals surface area contributed by atoms with Crippen molar-refractivity contribution in [3.63, 3.8) is 0 Å². The summed E-state index contributed by atoms with van der Waals surface area (Å²) >= 11 is 5.92. The summed E-state index contributed by atoms with van der Waals surface area (Å²) in [5.74, 6) is 0.798. The first-order valence-electron chi connectivity index (χ1n) is 6.57. The van der Waals surface area contributed by atoms with Gasteiger partial charge in [0.15, 0.2) is 6.61 Å². The highest BCUT2D eigenvalue weighted by Gasteiger charge is 2.04. The molecular formula is C16H15ClN2O3. The van der Waals surface area contributed by atoms with Gasteiger partial charge >= 0.3 is 0 Å². The van der Waals surface area contributed by atoms with Crippen molar-refractivity contribution >= 4 is 29.3 Å². The fourth-order valence-electron chi connectivity index (χ4n) is 1.51. The van der Waals surface area contributed by atoms with E-state index in [2.05, 4.69) is 10.5 Å². The normalized spacial score (nSPS) is 11.6. The van der Waals surface area contributed by atoms with Gasteiger partial charge in [0.2, 0.25) is 0 Å². The Hall–Kier alpha value is -2.53. The number of amides is 1. The monoisotopic (exact) mass is 318 g/mol. The predicted molar refractivity (Wildman–Crippen MR) is 85.9 cm³/mol. The maximum atomic E-state index is 11.6. The summed E-state index contributed by atoms with van der Waals surface area (Å²) in [5, 5.41) is 4.39. The van der Waals surface area contributed by atoms with E-state index in [1.54, 1.807) is 55.7 Å². The summed E-state index contributed by atoms with van der Waals surface area (Å²) in [7, 11) is 0. The quantitative estimate of drug-likeness (QED) is 0.654. The van der Waals surface area contributed by atoms with Crippen LogP contribution in [0.25, 0.3) is 6.08 Å². The molecule has 0 unspecified atom stereocenters. The molecule has 0 bridgehead atoms. The van der Waals surface area contributed by atoms with Crippen LogP contribution in [0, 0.1) is 0 Å². The number of benzene rings is 1. The first-order valence-corrected chi connectivity index (χ1v) is 6.95. The van der Waals surface area contributed by atoms with E-state index in [1.165, 1.54) is 0 Å². The summed E-state index contributed by atoms with van der Waals surface area (Å²) in [4.78, 5) is 11.6. The Bertz CT molecular complexity index is 678.